The fraction of sp³-hybridized carbons (Fsp3) is 0.444. The lowest BCUT2D eigenvalue weighted by atomic mass is 10.2. The molecule has 1 aromatic heterocycles. The summed E-state index contributed by atoms with van der Waals surface area (Å²) in [5.41, 5.74) is 0.120. The van der Waals surface area contributed by atoms with Crippen molar-refractivity contribution < 1.29 is 27.1 Å². The zero-order valence-corrected chi connectivity index (χ0v) is 18.1. The predicted octanol–water partition coefficient (Wildman–Crippen LogP) is 2.70. The molecule has 0 N–H and O–H groups in total. The molecule has 1 aromatic carbocycles. The molecule has 0 aliphatic carbocycles. The summed E-state index contributed by atoms with van der Waals surface area (Å²) in [5.74, 6) is -1.29. The molecular formula is C18H21FN4O5S2. The first-order chi connectivity index (χ1) is 14.2. The third-order valence-corrected chi connectivity index (χ3v) is 7.63. The van der Waals surface area contributed by atoms with Crippen LogP contribution in [0.3, 0.4) is 0 Å². The molecule has 9 nitrogen and oxygen atoms in total. The molecule has 1 aliphatic heterocycles. The highest BCUT2D eigenvalue weighted by Gasteiger charge is 2.41. The molecule has 0 saturated carbocycles. The summed E-state index contributed by atoms with van der Waals surface area (Å²) >= 11 is 0.757. The number of halogens is 1. The Bertz CT molecular complexity index is 1030. The minimum atomic E-state index is -3.61. The van der Waals surface area contributed by atoms with Crippen LogP contribution in [0.2, 0.25) is 0 Å². The van der Waals surface area contributed by atoms with Gasteiger partial charge in [0.25, 0.3) is 0 Å². The molecule has 162 valence electrons. The van der Waals surface area contributed by atoms with Crippen molar-refractivity contribution in [1.82, 2.24) is 15.1 Å². The van der Waals surface area contributed by atoms with E-state index in [1.165, 1.54) is 24.1 Å². The Morgan fingerprint density at radius 1 is 1.27 bits per heavy atom. The van der Waals surface area contributed by atoms with Crippen molar-refractivity contribution in [3.05, 3.63) is 35.6 Å². The van der Waals surface area contributed by atoms with Gasteiger partial charge in [0.1, 0.15) is 5.82 Å². The van der Waals surface area contributed by atoms with Gasteiger partial charge < -0.3 is 9.64 Å². The van der Waals surface area contributed by atoms with Gasteiger partial charge in [-0.15, -0.1) is 10.2 Å². The van der Waals surface area contributed by atoms with Gasteiger partial charge >= 0.3 is 12.0 Å². The molecule has 3 rings (SSSR count). The minimum absolute atomic E-state index is 0.0234. The number of anilines is 1. The van der Waals surface area contributed by atoms with Crippen LogP contribution in [0.15, 0.2) is 28.6 Å². The smallest absolute Gasteiger partial charge is 0.340 e. The minimum Gasteiger partial charge on any atom is -0.435 e. The highest BCUT2D eigenvalue weighted by molar-refractivity contribution is 7.93. The summed E-state index contributed by atoms with van der Waals surface area (Å²) in [6.45, 7) is 2.03. The number of benzene rings is 1. The molecular weight excluding hydrogens is 435 g/mol. The number of unbranched alkanes of at least 4 members (excludes halogenated alkanes) is 2. The lowest BCUT2D eigenvalue weighted by Crippen LogP contribution is -2.37. The second-order valence-corrected chi connectivity index (χ2v) is 10.0. The normalized spacial score (nSPS) is 16.9. The molecule has 1 aliphatic rings. The van der Waals surface area contributed by atoms with Crippen LogP contribution in [0.4, 0.5) is 14.3 Å². The number of hydrogen-bond acceptors (Lipinski definition) is 8. The molecule has 1 atom stereocenters. The number of esters is 1. The Hall–Kier alpha value is -2.60. The lowest BCUT2D eigenvalue weighted by molar-refractivity contribution is 0.0331. The summed E-state index contributed by atoms with van der Waals surface area (Å²) in [7, 11) is -2.09. The summed E-state index contributed by atoms with van der Waals surface area (Å²) in [5, 5.41) is 7.61. The van der Waals surface area contributed by atoms with E-state index in [0.29, 0.717) is 6.42 Å². The molecule has 1 saturated heterocycles. The summed E-state index contributed by atoms with van der Waals surface area (Å²) < 4.78 is 43.2. The molecule has 2 amide bonds. The number of likely N-dealkylation sites (N-methyl/N-ethyl adjacent to an activating group) is 1. The van der Waals surface area contributed by atoms with E-state index in [-0.39, 0.29) is 27.3 Å². The van der Waals surface area contributed by atoms with Crippen LogP contribution in [0.25, 0.3) is 0 Å². The van der Waals surface area contributed by atoms with Gasteiger partial charge in [0.2, 0.25) is 25.5 Å². The van der Waals surface area contributed by atoms with Crippen molar-refractivity contribution in [1.29, 1.82) is 0 Å². The average molecular weight is 457 g/mol. The Balaban J connectivity index is 1.79. The van der Waals surface area contributed by atoms with Gasteiger partial charge in [-0.05, 0) is 30.7 Å². The van der Waals surface area contributed by atoms with Crippen LogP contribution in [-0.2, 0) is 14.6 Å². The summed E-state index contributed by atoms with van der Waals surface area (Å²) in [6.07, 6.45) is 1.15. The second kappa shape index (κ2) is 9.04. The number of hydrogen-bond donors (Lipinski definition) is 0. The van der Waals surface area contributed by atoms with Crippen LogP contribution in [0.1, 0.15) is 36.5 Å². The molecule has 30 heavy (non-hydrogen) atoms. The summed E-state index contributed by atoms with van der Waals surface area (Å²) in [4.78, 5) is 27.4. The number of carbonyl (C=O) groups excluding carboxylic acids is 2. The molecule has 2 heterocycles. The zero-order chi connectivity index (χ0) is 21.9. The molecule has 0 radical (unpaired) electrons. The number of amides is 2. The number of nitrogens with zero attached hydrogens (tertiary/aromatic N) is 4. The third kappa shape index (κ3) is 4.75. The standard InChI is InChI=1S/C18H21FN4O5S2/c1-3-4-5-10-30(26,27)17-21-20-16(29-17)23-14(11-22(2)18(23)25)28-15(24)12-6-8-13(19)9-7-12/h6-9,14H,3-5,10-11H2,1-2H3. The fourth-order valence-corrected chi connectivity index (χ4v) is 5.35. The first kappa shape index (κ1) is 22.1. The third-order valence-electron chi connectivity index (χ3n) is 4.46. The van der Waals surface area contributed by atoms with E-state index in [0.717, 1.165) is 41.2 Å². The van der Waals surface area contributed by atoms with Gasteiger partial charge in [-0.25, -0.2) is 27.3 Å². The maximum absolute atomic E-state index is 13.1. The van der Waals surface area contributed by atoms with E-state index in [1.54, 1.807) is 0 Å². The van der Waals surface area contributed by atoms with Crippen LogP contribution in [-0.4, -0.2) is 61.1 Å². The number of urea groups is 1. The van der Waals surface area contributed by atoms with Gasteiger partial charge in [0.15, 0.2) is 0 Å². The first-order valence-electron chi connectivity index (χ1n) is 9.30. The van der Waals surface area contributed by atoms with Gasteiger partial charge in [-0.2, -0.15) is 0 Å². The molecule has 1 unspecified atom stereocenters. The Labute approximate surface area is 177 Å². The first-order valence-corrected chi connectivity index (χ1v) is 11.8. The molecule has 12 heteroatoms. The Morgan fingerprint density at radius 2 is 1.97 bits per heavy atom. The Kier molecular flexibility index (Phi) is 6.66. The van der Waals surface area contributed by atoms with Crippen molar-refractivity contribution >= 4 is 38.3 Å². The summed E-state index contributed by atoms with van der Waals surface area (Å²) in [6, 6.07) is 4.29. The quantitative estimate of drug-likeness (QED) is 0.341. The molecule has 1 fully saturated rings. The van der Waals surface area contributed by atoms with Gasteiger partial charge in [0.05, 0.1) is 17.9 Å². The number of rotatable bonds is 8. The fourth-order valence-electron chi connectivity index (χ4n) is 2.83. The van der Waals surface area contributed by atoms with Gasteiger partial charge in [0, 0.05) is 7.05 Å². The van der Waals surface area contributed by atoms with Crippen molar-refractivity contribution in [3.63, 3.8) is 0 Å². The number of aromatic nitrogens is 2. The Morgan fingerprint density at radius 3 is 2.63 bits per heavy atom. The number of ether oxygens (including phenoxy) is 1. The van der Waals surface area contributed by atoms with Crippen LogP contribution < -0.4 is 4.90 Å². The lowest BCUT2D eigenvalue weighted by Gasteiger charge is -2.19. The monoisotopic (exact) mass is 456 g/mol. The van der Waals surface area contributed by atoms with Crippen molar-refractivity contribution in [2.75, 3.05) is 24.2 Å². The topological polar surface area (TPSA) is 110 Å². The van der Waals surface area contributed by atoms with Gasteiger partial charge in [-0.1, -0.05) is 31.1 Å². The highest BCUT2D eigenvalue weighted by Crippen LogP contribution is 2.30. The van der Waals surface area contributed by atoms with Crippen LogP contribution in [0, 0.1) is 5.82 Å². The van der Waals surface area contributed by atoms with Crippen LogP contribution in [0.5, 0.6) is 0 Å². The van der Waals surface area contributed by atoms with E-state index in [9.17, 15) is 22.4 Å². The zero-order valence-electron chi connectivity index (χ0n) is 16.4. The highest BCUT2D eigenvalue weighted by atomic mass is 32.2. The van der Waals surface area contributed by atoms with E-state index >= 15 is 0 Å². The van der Waals surface area contributed by atoms with E-state index in [4.69, 9.17) is 4.74 Å². The molecule has 2 aromatic rings. The SMILES string of the molecule is CCCCCS(=O)(=O)c1nnc(N2C(=O)N(C)CC2OC(=O)c2ccc(F)cc2)s1. The van der Waals surface area contributed by atoms with Crippen LogP contribution >= 0.6 is 11.3 Å². The van der Waals surface area contributed by atoms with Crippen molar-refractivity contribution in [3.8, 4) is 0 Å². The molecule has 0 bridgehead atoms. The van der Waals surface area contributed by atoms with E-state index in [2.05, 4.69) is 10.2 Å². The van der Waals surface area contributed by atoms with E-state index < -0.39 is 33.9 Å². The largest absolute Gasteiger partial charge is 0.435 e. The number of sulfone groups is 1. The number of carbonyl (C=O) groups is 2. The second-order valence-electron chi connectivity index (χ2n) is 6.78. The van der Waals surface area contributed by atoms with Gasteiger partial charge in [-0.3, -0.25) is 0 Å². The average Bonchev–Trinajstić information content (AvgIpc) is 3.28. The van der Waals surface area contributed by atoms with E-state index in [1.807, 2.05) is 6.92 Å². The van der Waals surface area contributed by atoms with Crippen molar-refractivity contribution in [2.24, 2.45) is 0 Å². The predicted molar refractivity (Wildman–Crippen MR) is 108 cm³/mol. The molecule has 0 spiro atoms. The maximum atomic E-state index is 13.1. The maximum Gasteiger partial charge on any atom is 0.340 e. The van der Waals surface area contributed by atoms with Crippen molar-refractivity contribution in [2.45, 2.75) is 36.8 Å².